The Labute approximate surface area is 167 Å². The van der Waals surface area contributed by atoms with Crippen LogP contribution in [0.2, 0.25) is 0 Å². The summed E-state index contributed by atoms with van der Waals surface area (Å²) in [7, 11) is 0. The number of halogens is 1. The van der Waals surface area contributed by atoms with Crippen molar-refractivity contribution in [3.8, 4) is 0 Å². The van der Waals surface area contributed by atoms with Gasteiger partial charge < -0.3 is 5.73 Å². The minimum absolute atomic E-state index is 0. The van der Waals surface area contributed by atoms with Gasteiger partial charge in [0, 0.05) is 61.7 Å². The molecule has 1 aliphatic rings. The second-order valence-electron chi connectivity index (χ2n) is 7.13. The number of hydrogen-bond acceptors (Lipinski definition) is 6. The molecule has 3 heterocycles. The topological polar surface area (TPSA) is 58.3 Å². The Morgan fingerprint density at radius 2 is 2.04 bits per heavy atom. The maximum absolute atomic E-state index is 5.80. The van der Waals surface area contributed by atoms with E-state index in [2.05, 4.69) is 45.7 Å². The van der Waals surface area contributed by atoms with Crippen LogP contribution in [0.5, 0.6) is 0 Å². The number of anilines is 1. The molecule has 2 atom stereocenters. The summed E-state index contributed by atoms with van der Waals surface area (Å²) in [5.41, 5.74) is 8.18. The number of piperazine rings is 1. The number of thiazole rings is 1. The van der Waals surface area contributed by atoms with Crippen LogP contribution in [0.1, 0.15) is 36.4 Å². The number of rotatable bonds is 6. The molecule has 1 aliphatic heterocycles. The molecular weight excluding hydrogens is 366 g/mol. The third kappa shape index (κ3) is 5.39. The lowest BCUT2D eigenvalue weighted by Gasteiger charge is -2.44. The van der Waals surface area contributed by atoms with E-state index in [1.807, 2.05) is 19.3 Å². The van der Waals surface area contributed by atoms with Gasteiger partial charge in [-0.05, 0) is 24.5 Å². The number of hydrogen-bond donors (Lipinski definition) is 1. The predicted molar refractivity (Wildman–Crippen MR) is 112 cm³/mol. The minimum Gasteiger partial charge on any atom is -0.375 e. The highest BCUT2D eigenvalue weighted by Gasteiger charge is 2.30. The van der Waals surface area contributed by atoms with Crippen molar-refractivity contribution in [1.29, 1.82) is 0 Å². The average molecular weight is 396 g/mol. The van der Waals surface area contributed by atoms with Crippen molar-refractivity contribution >= 4 is 28.9 Å². The lowest BCUT2D eigenvalue weighted by Crippen LogP contribution is -2.54. The van der Waals surface area contributed by atoms with Crippen LogP contribution in [-0.2, 0) is 13.1 Å². The van der Waals surface area contributed by atoms with Crippen molar-refractivity contribution in [2.45, 2.75) is 46.3 Å². The predicted octanol–water partition coefficient (Wildman–Crippen LogP) is 3.58. The van der Waals surface area contributed by atoms with Crippen molar-refractivity contribution in [3.05, 3.63) is 40.7 Å². The normalized spacial score (nSPS) is 19.9. The first-order valence-electron chi connectivity index (χ1n) is 9.13. The molecule has 0 bridgehead atoms. The maximum atomic E-state index is 5.80. The number of pyridine rings is 1. The average Bonchev–Trinajstić information content (AvgIpc) is 3.02. The Hall–Kier alpha value is -1.21. The zero-order chi connectivity index (χ0) is 17.8. The number of nitrogens with zero attached hydrogens (tertiary/aromatic N) is 4. The highest BCUT2D eigenvalue weighted by atomic mass is 35.5. The van der Waals surface area contributed by atoms with Gasteiger partial charge in [0.2, 0.25) is 0 Å². The third-order valence-electron chi connectivity index (χ3n) is 5.23. The van der Waals surface area contributed by atoms with Crippen LogP contribution in [0.25, 0.3) is 0 Å². The Morgan fingerprint density at radius 1 is 1.23 bits per heavy atom. The first-order valence-corrected chi connectivity index (χ1v) is 9.95. The van der Waals surface area contributed by atoms with E-state index >= 15 is 0 Å². The molecule has 0 aliphatic carbocycles. The molecule has 2 unspecified atom stereocenters. The Kier molecular flexibility index (Phi) is 7.83. The van der Waals surface area contributed by atoms with Crippen LogP contribution in [0.4, 0.5) is 5.13 Å². The molecular formula is C19H30ClN5S. The molecule has 26 heavy (non-hydrogen) atoms. The molecule has 0 aromatic carbocycles. The lowest BCUT2D eigenvalue weighted by molar-refractivity contribution is 0.0359. The molecule has 2 aromatic heterocycles. The Balaban J connectivity index is 0.00000243. The van der Waals surface area contributed by atoms with Crippen molar-refractivity contribution in [3.63, 3.8) is 0 Å². The molecule has 0 spiro atoms. The van der Waals surface area contributed by atoms with Gasteiger partial charge in [0.25, 0.3) is 0 Å². The van der Waals surface area contributed by atoms with Crippen molar-refractivity contribution in [2.24, 2.45) is 5.92 Å². The van der Waals surface area contributed by atoms with Gasteiger partial charge in [-0.3, -0.25) is 14.8 Å². The van der Waals surface area contributed by atoms with Gasteiger partial charge in [-0.15, -0.1) is 23.7 Å². The van der Waals surface area contributed by atoms with E-state index in [9.17, 15) is 0 Å². The third-order valence-corrected chi connectivity index (χ3v) is 6.04. The van der Waals surface area contributed by atoms with Crippen LogP contribution in [0, 0.1) is 12.8 Å². The smallest absolute Gasteiger partial charge is 0.180 e. The van der Waals surface area contributed by atoms with Crippen LogP contribution >= 0.6 is 23.7 Å². The van der Waals surface area contributed by atoms with Gasteiger partial charge >= 0.3 is 0 Å². The number of nitrogens with two attached hydrogens (primary N) is 1. The fourth-order valence-corrected chi connectivity index (χ4v) is 4.21. The van der Waals surface area contributed by atoms with Crippen LogP contribution in [0.3, 0.4) is 0 Å². The standard InChI is InChI=1S/C19H29N5S.ClH/c1-4-14(2)18-13-23(11-16-6-5-15(3)21-9-16)7-8-24(18)12-17-10-22-19(20)25-17;/h5-6,9-10,14,18H,4,7-8,11-13H2,1-3H3,(H2,20,22);1H. The van der Waals surface area contributed by atoms with Crippen molar-refractivity contribution in [2.75, 3.05) is 25.4 Å². The molecule has 7 heteroatoms. The SMILES string of the molecule is CCC(C)C1CN(Cc2ccc(C)nc2)CCN1Cc1cnc(N)s1.Cl. The summed E-state index contributed by atoms with van der Waals surface area (Å²) in [5.74, 6) is 0.671. The first kappa shape index (κ1) is 21.1. The van der Waals surface area contributed by atoms with E-state index in [0.29, 0.717) is 17.1 Å². The van der Waals surface area contributed by atoms with Crippen molar-refractivity contribution in [1.82, 2.24) is 19.8 Å². The fraction of sp³-hybridized carbons (Fsp3) is 0.579. The van der Waals surface area contributed by atoms with E-state index in [1.54, 1.807) is 11.3 Å². The van der Waals surface area contributed by atoms with Gasteiger partial charge in [0.1, 0.15) is 0 Å². The van der Waals surface area contributed by atoms with Gasteiger partial charge in [-0.25, -0.2) is 4.98 Å². The van der Waals surface area contributed by atoms with Crippen LogP contribution < -0.4 is 5.73 Å². The second kappa shape index (κ2) is 9.65. The Morgan fingerprint density at radius 3 is 2.65 bits per heavy atom. The summed E-state index contributed by atoms with van der Waals surface area (Å²) >= 11 is 1.61. The van der Waals surface area contributed by atoms with E-state index in [4.69, 9.17) is 5.73 Å². The summed E-state index contributed by atoms with van der Waals surface area (Å²) in [5, 5.41) is 0.667. The maximum Gasteiger partial charge on any atom is 0.180 e. The van der Waals surface area contributed by atoms with E-state index in [1.165, 1.54) is 16.9 Å². The molecule has 2 N–H and O–H groups in total. The number of aromatic nitrogens is 2. The number of nitrogen functional groups attached to an aromatic ring is 1. The molecule has 5 nitrogen and oxygen atoms in total. The summed E-state index contributed by atoms with van der Waals surface area (Å²) < 4.78 is 0. The van der Waals surface area contributed by atoms with E-state index in [-0.39, 0.29) is 12.4 Å². The fourth-order valence-electron chi connectivity index (χ4n) is 3.50. The molecule has 144 valence electrons. The highest BCUT2D eigenvalue weighted by Crippen LogP contribution is 2.25. The van der Waals surface area contributed by atoms with Crippen LogP contribution in [0.15, 0.2) is 24.5 Å². The monoisotopic (exact) mass is 395 g/mol. The van der Waals surface area contributed by atoms with Gasteiger partial charge in [0.15, 0.2) is 5.13 Å². The summed E-state index contributed by atoms with van der Waals surface area (Å²) in [6, 6.07) is 4.87. The Bertz CT molecular complexity index is 675. The molecule has 0 saturated carbocycles. The quantitative estimate of drug-likeness (QED) is 0.809. The lowest BCUT2D eigenvalue weighted by atomic mass is 9.95. The molecule has 1 saturated heterocycles. The van der Waals surface area contributed by atoms with Gasteiger partial charge in [-0.1, -0.05) is 26.3 Å². The number of aryl methyl sites for hydroxylation is 1. The van der Waals surface area contributed by atoms with Gasteiger partial charge in [0.05, 0.1) is 0 Å². The van der Waals surface area contributed by atoms with Crippen LogP contribution in [-0.4, -0.2) is 45.4 Å². The highest BCUT2D eigenvalue weighted by molar-refractivity contribution is 7.15. The molecule has 1 fully saturated rings. The molecule has 3 rings (SSSR count). The minimum atomic E-state index is 0. The largest absolute Gasteiger partial charge is 0.375 e. The zero-order valence-electron chi connectivity index (χ0n) is 15.9. The van der Waals surface area contributed by atoms with E-state index in [0.717, 1.165) is 38.4 Å². The molecule has 0 radical (unpaired) electrons. The summed E-state index contributed by atoms with van der Waals surface area (Å²) in [6.45, 7) is 11.9. The zero-order valence-corrected chi connectivity index (χ0v) is 17.5. The second-order valence-corrected chi connectivity index (χ2v) is 8.28. The molecule has 2 aromatic rings. The summed E-state index contributed by atoms with van der Waals surface area (Å²) in [6.07, 6.45) is 5.14. The molecule has 0 amide bonds. The van der Waals surface area contributed by atoms with Gasteiger partial charge in [-0.2, -0.15) is 0 Å². The van der Waals surface area contributed by atoms with E-state index < -0.39 is 0 Å². The first-order chi connectivity index (χ1) is 12.0. The summed E-state index contributed by atoms with van der Waals surface area (Å²) in [4.78, 5) is 15.1. The van der Waals surface area contributed by atoms with Crippen molar-refractivity contribution < 1.29 is 0 Å².